The highest BCUT2D eigenvalue weighted by atomic mass is 35.5. The van der Waals surface area contributed by atoms with Crippen LogP contribution in [0.3, 0.4) is 0 Å². The van der Waals surface area contributed by atoms with E-state index in [0.717, 1.165) is 4.90 Å². The molecule has 0 N–H and O–H groups in total. The molecular weight excluding hydrogens is 317 g/mol. The van der Waals surface area contributed by atoms with Crippen LogP contribution in [0.5, 0.6) is 0 Å². The summed E-state index contributed by atoms with van der Waals surface area (Å²) in [6.07, 6.45) is -4.48. The van der Waals surface area contributed by atoms with Gasteiger partial charge in [-0.1, -0.05) is 12.1 Å². The number of fused-ring (bicyclic) bond motifs is 1. The average molecular weight is 327 g/mol. The fourth-order valence-corrected chi connectivity index (χ4v) is 3.33. The van der Waals surface area contributed by atoms with E-state index in [4.69, 9.17) is 11.6 Å². The highest BCUT2D eigenvalue weighted by Crippen LogP contribution is 2.29. The maximum absolute atomic E-state index is 12.6. The van der Waals surface area contributed by atoms with Crippen molar-refractivity contribution in [3.63, 3.8) is 0 Å². The third-order valence-corrected chi connectivity index (χ3v) is 4.13. The Morgan fingerprint density at radius 3 is 2.50 bits per heavy atom. The first kappa shape index (κ1) is 15.1. The molecule has 0 amide bonds. The molecule has 20 heavy (non-hydrogen) atoms. The molecule has 9 heteroatoms. The van der Waals surface area contributed by atoms with Crippen LogP contribution in [-0.2, 0) is 10.0 Å². The molecule has 1 aliphatic heterocycles. The highest BCUT2D eigenvalue weighted by molar-refractivity contribution is 7.90. The van der Waals surface area contributed by atoms with Crippen molar-refractivity contribution in [3.8, 4) is 0 Å². The Hall–Kier alpha value is -1.28. The monoisotopic (exact) mass is 326 g/mol. The third kappa shape index (κ3) is 3.06. The van der Waals surface area contributed by atoms with Crippen LogP contribution in [-0.4, -0.2) is 44.3 Å². The first-order valence-corrected chi connectivity index (χ1v) is 7.54. The minimum Gasteiger partial charge on any atom is -0.345 e. The molecule has 0 aromatic heterocycles. The van der Waals surface area contributed by atoms with E-state index in [9.17, 15) is 21.6 Å². The Morgan fingerprint density at radius 2 is 1.90 bits per heavy atom. The van der Waals surface area contributed by atoms with E-state index >= 15 is 0 Å². The molecule has 0 saturated carbocycles. The maximum Gasteiger partial charge on any atom is 0.405 e. The predicted octanol–water partition coefficient (Wildman–Crippen LogP) is 2.24. The van der Waals surface area contributed by atoms with Gasteiger partial charge < -0.3 is 4.90 Å². The van der Waals surface area contributed by atoms with E-state index < -0.39 is 22.7 Å². The number of hydrogen-bond acceptors (Lipinski definition) is 3. The quantitative estimate of drug-likeness (QED) is 0.800. The molecule has 0 unspecified atom stereocenters. The lowest BCUT2D eigenvalue weighted by Crippen LogP contribution is -2.40. The molecule has 0 radical (unpaired) electrons. The van der Waals surface area contributed by atoms with Crippen molar-refractivity contribution in [1.29, 1.82) is 0 Å². The number of amidine groups is 1. The second-order valence-electron chi connectivity index (χ2n) is 4.11. The largest absolute Gasteiger partial charge is 0.405 e. The van der Waals surface area contributed by atoms with Crippen LogP contribution in [0.1, 0.15) is 5.56 Å². The number of sulfonamides is 1. The molecule has 1 aliphatic rings. The number of rotatable bonds is 3. The number of benzene rings is 1. The van der Waals surface area contributed by atoms with Crippen LogP contribution >= 0.6 is 11.6 Å². The third-order valence-electron chi connectivity index (χ3n) is 2.64. The Labute approximate surface area is 118 Å². The van der Waals surface area contributed by atoms with Crippen LogP contribution < -0.4 is 0 Å². The Morgan fingerprint density at radius 1 is 1.25 bits per heavy atom. The van der Waals surface area contributed by atoms with Gasteiger partial charge in [-0.05, 0) is 12.1 Å². The molecule has 0 saturated heterocycles. The zero-order chi connectivity index (χ0) is 15.0. The van der Waals surface area contributed by atoms with Crippen LogP contribution in [0.25, 0.3) is 0 Å². The van der Waals surface area contributed by atoms with Crippen molar-refractivity contribution in [3.05, 3.63) is 29.8 Å². The number of nitrogens with zero attached hydrogens (tertiary/aromatic N) is 2. The lowest BCUT2D eigenvalue weighted by Gasteiger charge is -2.24. The predicted molar refractivity (Wildman–Crippen MR) is 68.5 cm³/mol. The van der Waals surface area contributed by atoms with Crippen molar-refractivity contribution in [2.75, 3.05) is 19.0 Å². The number of alkyl halides is 4. The zero-order valence-corrected chi connectivity index (χ0v) is 11.6. The minimum absolute atomic E-state index is 0.0721. The standard InChI is InChI=1S/C11H10ClF3N2O2S/c12-5-6-17(7-11(13,14)15)10-8-3-1-2-4-9(8)20(18,19)16-10/h1-4H,5-7H2. The Kier molecular flexibility index (Phi) is 3.97. The first-order chi connectivity index (χ1) is 9.24. The van der Waals surface area contributed by atoms with Gasteiger partial charge in [-0.25, -0.2) is 0 Å². The van der Waals surface area contributed by atoms with E-state index in [1.807, 2.05) is 0 Å². The molecule has 1 aromatic rings. The SMILES string of the molecule is O=S1(=O)N=C(N(CCCl)CC(F)(F)F)c2ccccc21. The summed E-state index contributed by atoms with van der Waals surface area (Å²) >= 11 is 5.49. The van der Waals surface area contributed by atoms with Crippen molar-refractivity contribution in [1.82, 2.24) is 4.90 Å². The van der Waals surface area contributed by atoms with Gasteiger partial charge in [0.15, 0.2) is 5.84 Å². The lowest BCUT2D eigenvalue weighted by atomic mass is 10.2. The topological polar surface area (TPSA) is 49.7 Å². The zero-order valence-electron chi connectivity index (χ0n) is 10.1. The van der Waals surface area contributed by atoms with Gasteiger partial charge in [0.25, 0.3) is 10.0 Å². The van der Waals surface area contributed by atoms with Crippen LogP contribution in [0.15, 0.2) is 33.6 Å². The van der Waals surface area contributed by atoms with Crippen molar-refractivity contribution >= 4 is 27.5 Å². The molecule has 0 bridgehead atoms. The molecule has 0 atom stereocenters. The second-order valence-corrected chi connectivity index (χ2v) is 6.06. The molecule has 1 heterocycles. The van der Waals surface area contributed by atoms with E-state index in [-0.39, 0.29) is 28.7 Å². The normalized spacial score (nSPS) is 16.7. The lowest BCUT2D eigenvalue weighted by molar-refractivity contribution is -0.137. The molecule has 110 valence electrons. The molecule has 0 fully saturated rings. The molecule has 1 aromatic carbocycles. The van der Waals surface area contributed by atoms with Crippen LogP contribution in [0.2, 0.25) is 0 Å². The summed E-state index contributed by atoms with van der Waals surface area (Å²) in [6.45, 7) is -1.45. The second kappa shape index (κ2) is 5.25. The summed E-state index contributed by atoms with van der Waals surface area (Å²) in [6, 6.07) is 5.77. The molecule has 0 spiro atoms. The minimum atomic E-state index is -4.48. The van der Waals surface area contributed by atoms with E-state index in [1.54, 1.807) is 6.07 Å². The van der Waals surface area contributed by atoms with Gasteiger partial charge >= 0.3 is 6.18 Å². The van der Waals surface area contributed by atoms with Crippen LogP contribution in [0.4, 0.5) is 13.2 Å². The van der Waals surface area contributed by atoms with Gasteiger partial charge in [-0.3, -0.25) is 0 Å². The smallest absolute Gasteiger partial charge is 0.345 e. The maximum atomic E-state index is 12.6. The van der Waals surface area contributed by atoms with Crippen molar-refractivity contribution in [2.45, 2.75) is 11.1 Å². The summed E-state index contributed by atoms with van der Waals surface area (Å²) in [5, 5.41) is 0. The molecular formula is C11H10ClF3N2O2S. The van der Waals surface area contributed by atoms with Gasteiger partial charge in [0, 0.05) is 18.0 Å². The summed E-state index contributed by atoms with van der Waals surface area (Å²) in [5.41, 5.74) is 0.168. The van der Waals surface area contributed by atoms with Gasteiger partial charge in [0.2, 0.25) is 0 Å². The van der Waals surface area contributed by atoms with E-state index in [1.165, 1.54) is 18.2 Å². The van der Waals surface area contributed by atoms with Crippen LogP contribution in [0, 0.1) is 0 Å². The van der Waals surface area contributed by atoms with E-state index in [0.29, 0.717) is 0 Å². The van der Waals surface area contributed by atoms with Crippen molar-refractivity contribution in [2.24, 2.45) is 4.40 Å². The Bertz CT molecular complexity index is 643. The number of hydrogen-bond donors (Lipinski definition) is 0. The van der Waals surface area contributed by atoms with Gasteiger partial charge in [-0.2, -0.15) is 21.6 Å². The van der Waals surface area contributed by atoms with Crippen molar-refractivity contribution < 1.29 is 21.6 Å². The Balaban J connectivity index is 2.45. The fraction of sp³-hybridized carbons (Fsp3) is 0.364. The summed E-state index contributed by atoms with van der Waals surface area (Å²) in [7, 11) is -3.94. The van der Waals surface area contributed by atoms with Gasteiger partial charge in [0.1, 0.15) is 11.4 Å². The molecule has 0 aliphatic carbocycles. The highest BCUT2D eigenvalue weighted by Gasteiger charge is 2.37. The average Bonchev–Trinajstić information content (AvgIpc) is 2.60. The van der Waals surface area contributed by atoms with Gasteiger partial charge in [0.05, 0.1) is 0 Å². The summed E-state index contributed by atoms with van der Waals surface area (Å²) < 4.78 is 64.8. The summed E-state index contributed by atoms with van der Waals surface area (Å²) in [4.78, 5) is 0.743. The molecule has 2 rings (SSSR count). The van der Waals surface area contributed by atoms with Gasteiger partial charge in [-0.15, -0.1) is 16.0 Å². The van der Waals surface area contributed by atoms with E-state index in [2.05, 4.69) is 4.40 Å². The molecule has 4 nitrogen and oxygen atoms in total. The summed E-state index contributed by atoms with van der Waals surface area (Å²) in [5.74, 6) is -0.282. The number of halogens is 4. The fourth-order valence-electron chi connectivity index (χ4n) is 1.89. The first-order valence-electron chi connectivity index (χ1n) is 5.56.